The molecule has 0 saturated heterocycles. The van der Waals surface area contributed by atoms with E-state index in [1.807, 2.05) is 6.07 Å². The molecule has 0 spiro atoms. The van der Waals surface area contributed by atoms with E-state index >= 15 is 0 Å². The Balaban J connectivity index is 2.43. The summed E-state index contributed by atoms with van der Waals surface area (Å²) in [5, 5.41) is 9.34. The standard InChI is InChI=1S/C13H7Cl2FN2/c14-10-3-1-9(7-11(10)15)12-4-2-8(5-6-17)13(16)18-12/h1-4,7H,5H2. The van der Waals surface area contributed by atoms with Crippen LogP contribution in [0.4, 0.5) is 4.39 Å². The van der Waals surface area contributed by atoms with E-state index in [9.17, 15) is 4.39 Å². The smallest absolute Gasteiger partial charge is 0.217 e. The maximum absolute atomic E-state index is 13.6. The van der Waals surface area contributed by atoms with E-state index in [4.69, 9.17) is 28.5 Å². The molecule has 90 valence electrons. The van der Waals surface area contributed by atoms with Crippen molar-refractivity contribution in [3.63, 3.8) is 0 Å². The molecule has 0 aliphatic heterocycles. The fourth-order valence-electron chi connectivity index (χ4n) is 1.50. The molecule has 5 heteroatoms. The second-order valence-corrected chi connectivity index (χ2v) is 4.42. The van der Waals surface area contributed by atoms with Crippen LogP contribution in [0.2, 0.25) is 10.0 Å². The van der Waals surface area contributed by atoms with Crippen molar-refractivity contribution in [3.05, 3.63) is 51.9 Å². The summed E-state index contributed by atoms with van der Waals surface area (Å²) in [4.78, 5) is 3.81. The second-order valence-electron chi connectivity index (χ2n) is 3.61. The fourth-order valence-corrected chi connectivity index (χ4v) is 1.79. The molecular formula is C13H7Cl2FN2. The number of rotatable bonds is 2. The summed E-state index contributed by atoms with van der Waals surface area (Å²) in [5.74, 6) is -0.639. The molecule has 2 aromatic rings. The largest absolute Gasteiger partial charge is 0.219 e. The third-order valence-electron chi connectivity index (χ3n) is 2.41. The van der Waals surface area contributed by atoms with Gasteiger partial charge in [0.1, 0.15) is 0 Å². The summed E-state index contributed by atoms with van der Waals surface area (Å²) in [6.45, 7) is 0. The molecule has 18 heavy (non-hydrogen) atoms. The number of nitriles is 1. The minimum atomic E-state index is -0.639. The lowest BCUT2D eigenvalue weighted by Crippen LogP contribution is -1.95. The predicted octanol–water partition coefficient (Wildman–Crippen LogP) is 4.26. The van der Waals surface area contributed by atoms with Gasteiger partial charge in [-0.05, 0) is 18.2 Å². The Morgan fingerprint density at radius 1 is 1.17 bits per heavy atom. The van der Waals surface area contributed by atoms with Crippen molar-refractivity contribution in [2.45, 2.75) is 6.42 Å². The molecule has 0 fully saturated rings. The highest BCUT2D eigenvalue weighted by Gasteiger charge is 2.08. The fraction of sp³-hybridized carbons (Fsp3) is 0.0769. The lowest BCUT2D eigenvalue weighted by Gasteiger charge is -2.04. The summed E-state index contributed by atoms with van der Waals surface area (Å²) >= 11 is 11.7. The average molecular weight is 281 g/mol. The van der Waals surface area contributed by atoms with Gasteiger partial charge in [-0.3, -0.25) is 0 Å². The van der Waals surface area contributed by atoms with Crippen LogP contribution in [-0.2, 0) is 6.42 Å². The first-order valence-corrected chi connectivity index (χ1v) is 5.85. The van der Waals surface area contributed by atoms with Crippen molar-refractivity contribution < 1.29 is 4.39 Å². The van der Waals surface area contributed by atoms with Gasteiger partial charge < -0.3 is 0 Å². The molecule has 2 nitrogen and oxygen atoms in total. The number of nitrogens with zero attached hydrogens (tertiary/aromatic N) is 2. The second kappa shape index (κ2) is 5.34. The molecule has 1 aromatic carbocycles. The van der Waals surface area contributed by atoms with Crippen LogP contribution in [0.3, 0.4) is 0 Å². The van der Waals surface area contributed by atoms with Crippen molar-refractivity contribution in [1.82, 2.24) is 4.98 Å². The molecule has 0 unspecified atom stereocenters. The Bertz CT molecular complexity index is 635. The summed E-state index contributed by atoms with van der Waals surface area (Å²) in [6, 6.07) is 10.0. The van der Waals surface area contributed by atoms with Crippen molar-refractivity contribution >= 4 is 23.2 Å². The molecule has 0 N–H and O–H groups in total. The lowest BCUT2D eigenvalue weighted by molar-refractivity contribution is 0.573. The van der Waals surface area contributed by atoms with Gasteiger partial charge in [0, 0.05) is 11.1 Å². The molecule has 2 rings (SSSR count). The van der Waals surface area contributed by atoms with Crippen molar-refractivity contribution in [2.75, 3.05) is 0 Å². The quantitative estimate of drug-likeness (QED) is 0.771. The molecular weight excluding hydrogens is 274 g/mol. The van der Waals surface area contributed by atoms with E-state index in [-0.39, 0.29) is 12.0 Å². The number of hydrogen-bond acceptors (Lipinski definition) is 2. The number of halogens is 3. The van der Waals surface area contributed by atoms with Gasteiger partial charge in [0.15, 0.2) is 0 Å². The highest BCUT2D eigenvalue weighted by molar-refractivity contribution is 6.42. The third-order valence-corrected chi connectivity index (χ3v) is 3.15. The molecule has 0 radical (unpaired) electrons. The Morgan fingerprint density at radius 2 is 1.94 bits per heavy atom. The first kappa shape index (κ1) is 12.8. The average Bonchev–Trinajstić information content (AvgIpc) is 2.35. The summed E-state index contributed by atoms with van der Waals surface area (Å²) in [7, 11) is 0. The third kappa shape index (κ3) is 2.61. The van der Waals surface area contributed by atoms with Crippen LogP contribution in [0.25, 0.3) is 11.3 Å². The van der Waals surface area contributed by atoms with Gasteiger partial charge in [0.05, 0.1) is 28.2 Å². The zero-order valence-corrected chi connectivity index (χ0v) is 10.6. The minimum Gasteiger partial charge on any atom is -0.219 e. The molecule has 1 aromatic heterocycles. The van der Waals surface area contributed by atoms with E-state index in [2.05, 4.69) is 4.98 Å². The molecule has 0 atom stereocenters. The van der Waals surface area contributed by atoms with E-state index in [1.54, 1.807) is 30.3 Å². The van der Waals surface area contributed by atoms with Crippen LogP contribution in [0.5, 0.6) is 0 Å². The Morgan fingerprint density at radius 3 is 2.56 bits per heavy atom. The molecule has 0 aliphatic rings. The Labute approximate surface area is 114 Å². The monoisotopic (exact) mass is 280 g/mol. The summed E-state index contributed by atoms with van der Waals surface area (Å²) in [6.07, 6.45) is 0.000483. The molecule has 0 bridgehead atoms. The van der Waals surface area contributed by atoms with E-state index in [0.29, 0.717) is 21.3 Å². The topological polar surface area (TPSA) is 36.7 Å². The predicted molar refractivity (Wildman–Crippen MR) is 69.0 cm³/mol. The van der Waals surface area contributed by atoms with E-state index in [1.165, 1.54) is 0 Å². The van der Waals surface area contributed by atoms with Crippen molar-refractivity contribution in [3.8, 4) is 17.3 Å². The zero-order valence-electron chi connectivity index (χ0n) is 9.12. The normalized spacial score (nSPS) is 10.1. The first-order valence-electron chi connectivity index (χ1n) is 5.09. The van der Waals surface area contributed by atoms with E-state index < -0.39 is 5.95 Å². The van der Waals surface area contributed by atoms with Gasteiger partial charge in [-0.2, -0.15) is 9.65 Å². The minimum absolute atomic E-state index is 0.000483. The van der Waals surface area contributed by atoms with E-state index in [0.717, 1.165) is 0 Å². The van der Waals surface area contributed by atoms with Crippen molar-refractivity contribution in [2.24, 2.45) is 0 Å². The van der Waals surface area contributed by atoms with Crippen LogP contribution >= 0.6 is 23.2 Å². The number of pyridine rings is 1. The maximum Gasteiger partial charge on any atom is 0.217 e. The molecule has 0 aliphatic carbocycles. The summed E-state index contributed by atoms with van der Waals surface area (Å²) in [5.41, 5.74) is 1.40. The SMILES string of the molecule is N#CCc1ccc(-c2ccc(Cl)c(Cl)c2)nc1F. The molecule has 0 saturated carbocycles. The van der Waals surface area contributed by atoms with Gasteiger partial charge in [0.25, 0.3) is 0 Å². The van der Waals surface area contributed by atoms with Crippen LogP contribution in [0, 0.1) is 17.3 Å². The Kier molecular flexibility index (Phi) is 3.81. The van der Waals surface area contributed by atoms with Crippen LogP contribution in [-0.4, -0.2) is 4.98 Å². The van der Waals surface area contributed by atoms with Gasteiger partial charge in [-0.1, -0.05) is 35.3 Å². The maximum atomic E-state index is 13.6. The number of benzene rings is 1. The van der Waals surface area contributed by atoms with Crippen molar-refractivity contribution in [1.29, 1.82) is 5.26 Å². The van der Waals surface area contributed by atoms with Crippen LogP contribution < -0.4 is 0 Å². The van der Waals surface area contributed by atoms with Gasteiger partial charge in [-0.25, -0.2) is 4.98 Å². The number of hydrogen-bond donors (Lipinski definition) is 0. The number of aromatic nitrogens is 1. The Hall–Kier alpha value is -1.63. The van der Waals surface area contributed by atoms with Crippen LogP contribution in [0.1, 0.15) is 5.56 Å². The van der Waals surface area contributed by atoms with Crippen LogP contribution in [0.15, 0.2) is 30.3 Å². The highest BCUT2D eigenvalue weighted by atomic mass is 35.5. The van der Waals surface area contributed by atoms with Gasteiger partial charge in [-0.15, -0.1) is 0 Å². The van der Waals surface area contributed by atoms with Gasteiger partial charge in [0.2, 0.25) is 5.95 Å². The first-order chi connectivity index (χ1) is 8.61. The van der Waals surface area contributed by atoms with Gasteiger partial charge >= 0.3 is 0 Å². The molecule has 0 amide bonds. The zero-order chi connectivity index (χ0) is 13.1. The lowest BCUT2D eigenvalue weighted by atomic mass is 10.1. The highest BCUT2D eigenvalue weighted by Crippen LogP contribution is 2.27. The molecule has 1 heterocycles. The summed E-state index contributed by atoms with van der Waals surface area (Å²) < 4.78 is 13.6.